The first-order valence-corrected chi connectivity index (χ1v) is 8.31. The Morgan fingerprint density at radius 3 is 2.71 bits per heavy atom. The molecule has 2 heterocycles. The average molecular weight is 302 g/mol. The summed E-state index contributed by atoms with van der Waals surface area (Å²) in [4.78, 5) is 2.28. The molecule has 1 aliphatic rings. The van der Waals surface area contributed by atoms with Crippen molar-refractivity contribution >= 4 is 11.3 Å². The van der Waals surface area contributed by atoms with Gasteiger partial charge in [0.15, 0.2) is 0 Å². The Labute approximate surface area is 130 Å². The maximum atomic E-state index is 10.8. The zero-order valence-electron chi connectivity index (χ0n) is 12.8. The number of hydrogen-bond acceptors (Lipinski definition) is 3. The molecule has 1 unspecified atom stereocenters. The van der Waals surface area contributed by atoms with Gasteiger partial charge in [-0.3, -0.25) is 0 Å². The highest BCUT2D eigenvalue weighted by atomic mass is 32.1. The molecular weight excluding hydrogens is 280 g/mol. The zero-order valence-corrected chi connectivity index (χ0v) is 13.7. The average Bonchev–Trinajstić information content (AvgIpc) is 2.96. The van der Waals surface area contributed by atoms with E-state index in [1.54, 1.807) is 11.3 Å². The van der Waals surface area contributed by atoms with Crippen LogP contribution in [0.1, 0.15) is 54.2 Å². The molecule has 1 aromatic carbocycles. The third-order valence-electron chi connectivity index (χ3n) is 3.89. The SMILES string of the molecule is CC(C)(C)c1ccc(C(O)c2cccc3c2OCCC3)s1. The van der Waals surface area contributed by atoms with Gasteiger partial charge >= 0.3 is 0 Å². The van der Waals surface area contributed by atoms with Crippen molar-refractivity contribution in [1.29, 1.82) is 0 Å². The predicted octanol–water partition coefficient (Wildman–Crippen LogP) is 4.45. The molecule has 0 spiro atoms. The number of thiophene rings is 1. The zero-order chi connectivity index (χ0) is 15.0. The van der Waals surface area contributed by atoms with Crippen molar-refractivity contribution in [3.05, 3.63) is 51.2 Å². The van der Waals surface area contributed by atoms with Crippen LogP contribution >= 0.6 is 11.3 Å². The van der Waals surface area contributed by atoms with Crippen LogP contribution in [0, 0.1) is 0 Å². The van der Waals surface area contributed by atoms with Gasteiger partial charge in [0.25, 0.3) is 0 Å². The summed E-state index contributed by atoms with van der Waals surface area (Å²) in [5.41, 5.74) is 2.23. The highest BCUT2D eigenvalue weighted by Gasteiger charge is 2.23. The molecule has 1 aromatic heterocycles. The van der Waals surface area contributed by atoms with E-state index in [1.807, 2.05) is 18.2 Å². The molecule has 2 nitrogen and oxygen atoms in total. The van der Waals surface area contributed by atoms with Gasteiger partial charge in [-0.05, 0) is 36.0 Å². The molecular formula is C18H22O2S. The van der Waals surface area contributed by atoms with Gasteiger partial charge in [-0.15, -0.1) is 11.3 Å². The highest BCUT2D eigenvalue weighted by Crippen LogP contribution is 2.39. The molecule has 3 heteroatoms. The molecule has 0 saturated heterocycles. The third-order valence-corrected chi connectivity index (χ3v) is 5.46. The first-order valence-electron chi connectivity index (χ1n) is 7.49. The maximum Gasteiger partial charge on any atom is 0.128 e. The van der Waals surface area contributed by atoms with Crippen molar-refractivity contribution in [2.75, 3.05) is 6.61 Å². The van der Waals surface area contributed by atoms with E-state index in [0.29, 0.717) is 0 Å². The summed E-state index contributed by atoms with van der Waals surface area (Å²) in [6.45, 7) is 7.34. The standard InChI is InChI=1S/C18H22O2S/c1-18(2,3)15-10-9-14(21-15)16(19)13-8-4-6-12-7-5-11-20-17(12)13/h4,6,8-10,16,19H,5,7,11H2,1-3H3. The van der Waals surface area contributed by atoms with E-state index in [2.05, 4.69) is 32.9 Å². The lowest BCUT2D eigenvalue weighted by Crippen LogP contribution is -2.12. The molecule has 1 N–H and O–H groups in total. The Kier molecular flexibility index (Phi) is 3.80. The number of aryl methyl sites for hydroxylation is 1. The van der Waals surface area contributed by atoms with E-state index < -0.39 is 6.10 Å². The van der Waals surface area contributed by atoms with E-state index in [0.717, 1.165) is 35.6 Å². The number of hydrogen-bond donors (Lipinski definition) is 1. The summed E-state index contributed by atoms with van der Waals surface area (Å²) in [7, 11) is 0. The van der Waals surface area contributed by atoms with Crippen molar-refractivity contribution in [3.63, 3.8) is 0 Å². The molecule has 1 aliphatic heterocycles. The summed E-state index contributed by atoms with van der Waals surface area (Å²) in [6, 6.07) is 10.3. The molecule has 112 valence electrons. The van der Waals surface area contributed by atoms with E-state index in [-0.39, 0.29) is 5.41 Å². The predicted molar refractivity (Wildman–Crippen MR) is 87.3 cm³/mol. The third kappa shape index (κ3) is 2.85. The van der Waals surface area contributed by atoms with Crippen LogP contribution in [0.2, 0.25) is 0 Å². The van der Waals surface area contributed by atoms with Crippen LogP contribution in [0.15, 0.2) is 30.3 Å². The number of aliphatic hydroxyl groups is 1. The monoisotopic (exact) mass is 302 g/mol. The second-order valence-corrected chi connectivity index (χ2v) is 7.76. The van der Waals surface area contributed by atoms with Gasteiger partial charge in [0.1, 0.15) is 11.9 Å². The first kappa shape index (κ1) is 14.6. The van der Waals surface area contributed by atoms with Gasteiger partial charge in [-0.25, -0.2) is 0 Å². The van der Waals surface area contributed by atoms with Gasteiger partial charge in [-0.2, -0.15) is 0 Å². The van der Waals surface area contributed by atoms with Gasteiger partial charge in [-0.1, -0.05) is 39.0 Å². The fourth-order valence-electron chi connectivity index (χ4n) is 2.69. The highest BCUT2D eigenvalue weighted by molar-refractivity contribution is 7.12. The lowest BCUT2D eigenvalue weighted by atomic mass is 9.95. The van der Waals surface area contributed by atoms with Crippen LogP contribution in [0.4, 0.5) is 0 Å². The Bertz CT molecular complexity index is 637. The van der Waals surface area contributed by atoms with E-state index in [9.17, 15) is 5.11 Å². The lowest BCUT2D eigenvalue weighted by Gasteiger charge is -2.22. The van der Waals surface area contributed by atoms with Crippen LogP contribution in [0.3, 0.4) is 0 Å². The molecule has 3 rings (SSSR count). The van der Waals surface area contributed by atoms with Crippen LogP contribution in [0.25, 0.3) is 0 Å². The molecule has 0 fully saturated rings. The summed E-state index contributed by atoms with van der Waals surface area (Å²) < 4.78 is 5.82. The second kappa shape index (κ2) is 5.47. The normalized spacial score (nSPS) is 16.2. The Balaban J connectivity index is 1.95. The van der Waals surface area contributed by atoms with Crippen molar-refractivity contribution in [2.24, 2.45) is 0 Å². The Morgan fingerprint density at radius 1 is 1.19 bits per heavy atom. The number of fused-ring (bicyclic) bond motifs is 1. The smallest absolute Gasteiger partial charge is 0.128 e. The summed E-state index contributed by atoms with van der Waals surface area (Å²) in [5, 5.41) is 10.8. The van der Waals surface area contributed by atoms with Crippen LogP contribution in [-0.4, -0.2) is 11.7 Å². The number of ether oxygens (including phenoxy) is 1. The molecule has 0 bridgehead atoms. The second-order valence-electron chi connectivity index (χ2n) is 6.64. The van der Waals surface area contributed by atoms with Gasteiger partial charge < -0.3 is 9.84 Å². The summed E-state index contributed by atoms with van der Waals surface area (Å²) >= 11 is 1.69. The quantitative estimate of drug-likeness (QED) is 0.888. The van der Waals surface area contributed by atoms with Crippen molar-refractivity contribution in [3.8, 4) is 5.75 Å². The van der Waals surface area contributed by atoms with E-state index in [4.69, 9.17) is 4.74 Å². The van der Waals surface area contributed by atoms with Crippen LogP contribution in [0.5, 0.6) is 5.75 Å². The summed E-state index contributed by atoms with van der Waals surface area (Å²) in [5.74, 6) is 0.891. The molecule has 0 radical (unpaired) electrons. The van der Waals surface area contributed by atoms with Gasteiger partial charge in [0.05, 0.1) is 6.61 Å². The Hall–Kier alpha value is -1.32. The molecule has 2 aromatic rings. The molecule has 0 amide bonds. The number of aliphatic hydroxyl groups excluding tert-OH is 1. The minimum absolute atomic E-state index is 0.120. The van der Waals surface area contributed by atoms with Crippen LogP contribution in [-0.2, 0) is 11.8 Å². The van der Waals surface area contributed by atoms with Gasteiger partial charge in [0.2, 0.25) is 0 Å². The molecule has 21 heavy (non-hydrogen) atoms. The maximum absolute atomic E-state index is 10.8. The number of benzene rings is 1. The topological polar surface area (TPSA) is 29.5 Å². The molecule has 1 atom stereocenters. The molecule has 0 aliphatic carbocycles. The van der Waals surface area contributed by atoms with Crippen molar-refractivity contribution in [2.45, 2.75) is 45.1 Å². The minimum Gasteiger partial charge on any atom is -0.493 e. The fraction of sp³-hybridized carbons (Fsp3) is 0.444. The number of para-hydroxylation sites is 1. The summed E-state index contributed by atoms with van der Waals surface area (Å²) in [6.07, 6.45) is 1.49. The Morgan fingerprint density at radius 2 is 2.00 bits per heavy atom. The van der Waals surface area contributed by atoms with Crippen molar-refractivity contribution in [1.82, 2.24) is 0 Å². The van der Waals surface area contributed by atoms with Crippen LogP contribution < -0.4 is 4.74 Å². The van der Waals surface area contributed by atoms with E-state index >= 15 is 0 Å². The van der Waals surface area contributed by atoms with Gasteiger partial charge in [0, 0.05) is 15.3 Å². The largest absolute Gasteiger partial charge is 0.493 e. The number of rotatable bonds is 2. The lowest BCUT2D eigenvalue weighted by molar-refractivity contribution is 0.210. The van der Waals surface area contributed by atoms with E-state index in [1.165, 1.54) is 10.4 Å². The minimum atomic E-state index is -0.598. The van der Waals surface area contributed by atoms with Crippen molar-refractivity contribution < 1.29 is 9.84 Å². The first-order chi connectivity index (χ1) is 9.97. The molecule has 0 saturated carbocycles. The fourth-order valence-corrected chi connectivity index (χ4v) is 3.76.